The van der Waals surface area contributed by atoms with E-state index in [-0.39, 0.29) is 22.6 Å². The van der Waals surface area contributed by atoms with Crippen molar-refractivity contribution in [2.75, 3.05) is 11.1 Å². The van der Waals surface area contributed by atoms with Crippen molar-refractivity contribution in [2.45, 2.75) is 5.25 Å². The lowest BCUT2D eigenvalue weighted by atomic mass is 10.1. The second-order valence-electron chi connectivity index (χ2n) is 4.29. The summed E-state index contributed by atoms with van der Waals surface area (Å²) in [7, 11) is 0. The van der Waals surface area contributed by atoms with Gasteiger partial charge in [-0.15, -0.1) is 11.8 Å². The molecule has 0 bridgehead atoms. The molecule has 20 heavy (non-hydrogen) atoms. The third-order valence-corrected chi connectivity index (χ3v) is 4.27. The van der Waals surface area contributed by atoms with Gasteiger partial charge in [0.25, 0.3) is 5.69 Å². The van der Waals surface area contributed by atoms with Crippen LogP contribution in [0.4, 0.5) is 11.5 Å². The number of benzene rings is 1. The number of hydrogen-bond donors (Lipinski definition) is 2. The van der Waals surface area contributed by atoms with Crippen molar-refractivity contribution in [3.63, 3.8) is 0 Å². The maximum absolute atomic E-state index is 11.6. The highest BCUT2D eigenvalue weighted by molar-refractivity contribution is 8.00. The number of non-ortho nitro benzene ring substituents is 1. The molecule has 0 fully saturated rings. The van der Waals surface area contributed by atoms with Crippen molar-refractivity contribution < 1.29 is 9.72 Å². The first-order valence-corrected chi connectivity index (χ1v) is 6.89. The van der Waals surface area contributed by atoms with E-state index in [1.54, 1.807) is 12.3 Å². The summed E-state index contributed by atoms with van der Waals surface area (Å²) in [5.74, 6) is 0.723. The molecule has 102 valence electrons. The molecule has 0 aliphatic carbocycles. The number of amides is 1. The van der Waals surface area contributed by atoms with E-state index in [2.05, 4.69) is 15.5 Å². The van der Waals surface area contributed by atoms with Crippen LogP contribution in [-0.4, -0.2) is 26.8 Å². The average molecular weight is 290 g/mol. The van der Waals surface area contributed by atoms with E-state index in [0.29, 0.717) is 5.82 Å². The van der Waals surface area contributed by atoms with Gasteiger partial charge in [0.05, 0.1) is 22.1 Å². The van der Waals surface area contributed by atoms with Crippen molar-refractivity contribution in [1.29, 1.82) is 0 Å². The lowest BCUT2D eigenvalue weighted by Crippen LogP contribution is -2.12. The van der Waals surface area contributed by atoms with Crippen LogP contribution < -0.4 is 5.32 Å². The third-order valence-electron chi connectivity index (χ3n) is 2.98. The smallest absolute Gasteiger partial charge is 0.269 e. The van der Waals surface area contributed by atoms with Gasteiger partial charge in [-0.2, -0.15) is 5.10 Å². The van der Waals surface area contributed by atoms with Gasteiger partial charge in [-0.3, -0.25) is 20.0 Å². The van der Waals surface area contributed by atoms with Crippen LogP contribution in [0, 0.1) is 10.1 Å². The summed E-state index contributed by atoms with van der Waals surface area (Å²) in [5, 5.41) is 20.1. The number of nitrogens with one attached hydrogen (secondary N) is 2. The summed E-state index contributed by atoms with van der Waals surface area (Å²) in [5.41, 5.74) is 1.64. The highest BCUT2D eigenvalue weighted by Gasteiger charge is 2.26. The van der Waals surface area contributed by atoms with Crippen LogP contribution in [0.15, 0.2) is 30.5 Å². The number of fused-ring (bicyclic) bond motifs is 1. The first-order valence-electron chi connectivity index (χ1n) is 5.84. The van der Waals surface area contributed by atoms with E-state index in [1.807, 2.05) is 6.07 Å². The molecule has 0 radical (unpaired) electrons. The number of carbonyl (C=O) groups excluding carboxylic acids is 1. The molecule has 2 aromatic rings. The lowest BCUT2D eigenvalue weighted by molar-refractivity contribution is -0.384. The Morgan fingerprint density at radius 2 is 2.30 bits per heavy atom. The SMILES string of the molecule is O=C1CSC(c2cccc([N+](=O)[O-])c2)c2cn[nH]c2N1. The van der Waals surface area contributed by atoms with Crippen LogP contribution >= 0.6 is 11.8 Å². The number of carbonyl (C=O) groups is 1. The molecule has 2 N–H and O–H groups in total. The van der Waals surface area contributed by atoms with Crippen molar-refractivity contribution >= 4 is 29.2 Å². The summed E-state index contributed by atoms with van der Waals surface area (Å²) >= 11 is 1.42. The molecule has 0 spiro atoms. The molecule has 2 heterocycles. The lowest BCUT2D eigenvalue weighted by Gasteiger charge is -2.13. The maximum atomic E-state index is 11.6. The second kappa shape index (κ2) is 4.97. The van der Waals surface area contributed by atoms with Gasteiger partial charge in [-0.1, -0.05) is 12.1 Å². The number of nitro groups is 1. The van der Waals surface area contributed by atoms with Gasteiger partial charge < -0.3 is 5.32 Å². The minimum Gasteiger partial charge on any atom is -0.310 e. The molecule has 3 rings (SSSR count). The fourth-order valence-corrected chi connectivity index (χ4v) is 3.18. The standard InChI is InChI=1S/C12H10N4O3S/c17-10-6-20-11(9-5-13-15-12(9)14-10)7-2-1-3-8(4-7)16(18)19/h1-5,11H,6H2,(H2,13,14,15,17). The van der Waals surface area contributed by atoms with Gasteiger partial charge in [0.15, 0.2) is 0 Å². The van der Waals surface area contributed by atoms with Crippen LogP contribution in [0.1, 0.15) is 16.4 Å². The molecule has 1 aromatic heterocycles. The van der Waals surface area contributed by atoms with Crippen molar-refractivity contribution in [2.24, 2.45) is 0 Å². The van der Waals surface area contributed by atoms with Crippen LogP contribution in [0.3, 0.4) is 0 Å². The van der Waals surface area contributed by atoms with Crippen molar-refractivity contribution in [3.05, 3.63) is 51.7 Å². The van der Waals surface area contributed by atoms with Gasteiger partial charge in [0, 0.05) is 17.7 Å². The molecule has 1 aliphatic heterocycles. The van der Waals surface area contributed by atoms with E-state index in [1.165, 1.54) is 23.9 Å². The number of nitro benzene ring substituents is 1. The van der Waals surface area contributed by atoms with E-state index in [0.717, 1.165) is 11.1 Å². The minimum atomic E-state index is -0.426. The Balaban J connectivity index is 2.04. The van der Waals surface area contributed by atoms with Crippen molar-refractivity contribution in [1.82, 2.24) is 10.2 Å². The number of nitrogens with zero attached hydrogens (tertiary/aromatic N) is 2. The zero-order chi connectivity index (χ0) is 14.1. The first-order chi connectivity index (χ1) is 9.65. The number of hydrogen-bond acceptors (Lipinski definition) is 5. The van der Waals surface area contributed by atoms with Gasteiger partial charge >= 0.3 is 0 Å². The maximum Gasteiger partial charge on any atom is 0.269 e. The summed E-state index contributed by atoms with van der Waals surface area (Å²) in [6, 6.07) is 6.44. The summed E-state index contributed by atoms with van der Waals surface area (Å²) in [4.78, 5) is 22.0. The summed E-state index contributed by atoms with van der Waals surface area (Å²) < 4.78 is 0. The Kier molecular flexibility index (Phi) is 3.15. The zero-order valence-corrected chi connectivity index (χ0v) is 11.0. The number of thioether (sulfide) groups is 1. The van der Waals surface area contributed by atoms with Gasteiger partial charge in [0.1, 0.15) is 5.82 Å². The van der Waals surface area contributed by atoms with Crippen LogP contribution in [0.25, 0.3) is 0 Å². The molecule has 1 amide bonds. The summed E-state index contributed by atoms with van der Waals surface area (Å²) in [6.45, 7) is 0. The first kappa shape index (κ1) is 12.7. The van der Waals surface area contributed by atoms with Gasteiger partial charge in [-0.25, -0.2) is 0 Å². The fraction of sp³-hybridized carbons (Fsp3) is 0.167. The molecule has 0 saturated heterocycles. The Morgan fingerprint density at radius 3 is 3.10 bits per heavy atom. The number of rotatable bonds is 2. The Bertz CT molecular complexity index is 685. The minimum absolute atomic E-state index is 0.0386. The number of anilines is 1. The van der Waals surface area contributed by atoms with E-state index in [4.69, 9.17) is 0 Å². The highest BCUT2D eigenvalue weighted by atomic mass is 32.2. The van der Waals surface area contributed by atoms with Crippen LogP contribution in [0.5, 0.6) is 0 Å². The number of aromatic nitrogens is 2. The molecule has 8 heteroatoms. The molecule has 7 nitrogen and oxygen atoms in total. The normalized spacial score (nSPS) is 18.0. The molecule has 0 saturated carbocycles. The topological polar surface area (TPSA) is 101 Å². The van der Waals surface area contributed by atoms with Crippen molar-refractivity contribution in [3.8, 4) is 0 Å². The molecule has 1 aromatic carbocycles. The Hall–Kier alpha value is -2.35. The van der Waals surface area contributed by atoms with E-state index >= 15 is 0 Å². The predicted molar refractivity (Wildman–Crippen MR) is 74.6 cm³/mol. The molecular formula is C12H10N4O3S. The molecule has 1 unspecified atom stereocenters. The highest BCUT2D eigenvalue weighted by Crippen LogP contribution is 2.41. The number of aromatic amines is 1. The molecule has 1 atom stereocenters. The average Bonchev–Trinajstić information content (AvgIpc) is 2.81. The van der Waals surface area contributed by atoms with E-state index < -0.39 is 4.92 Å². The third kappa shape index (κ3) is 2.25. The van der Waals surface area contributed by atoms with Gasteiger partial charge in [0.2, 0.25) is 5.91 Å². The summed E-state index contributed by atoms with van der Waals surface area (Å²) in [6.07, 6.45) is 1.64. The predicted octanol–water partition coefficient (Wildman–Crippen LogP) is 2.09. The quantitative estimate of drug-likeness (QED) is 0.651. The second-order valence-corrected chi connectivity index (χ2v) is 5.39. The zero-order valence-electron chi connectivity index (χ0n) is 10.2. The Morgan fingerprint density at radius 1 is 1.45 bits per heavy atom. The van der Waals surface area contributed by atoms with Crippen LogP contribution in [0.2, 0.25) is 0 Å². The van der Waals surface area contributed by atoms with E-state index in [9.17, 15) is 14.9 Å². The molecule has 1 aliphatic rings. The van der Waals surface area contributed by atoms with Gasteiger partial charge in [-0.05, 0) is 5.56 Å². The Labute approximate surface area is 117 Å². The number of H-pyrrole nitrogens is 1. The monoisotopic (exact) mass is 290 g/mol. The fourth-order valence-electron chi connectivity index (χ4n) is 2.10. The van der Waals surface area contributed by atoms with Crippen LogP contribution in [-0.2, 0) is 4.79 Å². The molecular weight excluding hydrogens is 280 g/mol. The largest absolute Gasteiger partial charge is 0.310 e.